The van der Waals surface area contributed by atoms with E-state index in [2.05, 4.69) is 5.32 Å². The molecule has 0 aliphatic heterocycles. The number of benzene rings is 3. The summed E-state index contributed by atoms with van der Waals surface area (Å²) in [4.78, 5) is 13.6. The van der Waals surface area contributed by atoms with Gasteiger partial charge in [-0.05, 0) is 43.7 Å². The largest absolute Gasteiger partial charge is 0.497 e. The van der Waals surface area contributed by atoms with E-state index in [-0.39, 0.29) is 31.1 Å². The van der Waals surface area contributed by atoms with Gasteiger partial charge in [0.05, 0.1) is 17.7 Å². The van der Waals surface area contributed by atoms with Gasteiger partial charge in [-0.15, -0.1) is 11.3 Å². The molecule has 0 atom stereocenters. The van der Waals surface area contributed by atoms with E-state index >= 15 is 0 Å². The second-order valence-electron chi connectivity index (χ2n) is 7.82. The van der Waals surface area contributed by atoms with Crippen molar-refractivity contribution in [2.45, 2.75) is 23.6 Å². The summed E-state index contributed by atoms with van der Waals surface area (Å²) in [5.41, 5.74) is 9.25. The van der Waals surface area contributed by atoms with Crippen LogP contribution in [-0.2, 0) is 9.84 Å². The third-order valence-corrected chi connectivity index (χ3v) is 8.49. The van der Waals surface area contributed by atoms with Crippen LogP contribution >= 0.6 is 11.3 Å². The molecule has 0 aliphatic rings. The summed E-state index contributed by atoms with van der Waals surface area (Å²) in [6, 6.07) is 20.6. The summed E-state index contributed by atoms with van der Waals surface area (Å²) >= 11 is 1.03. The number of carbonyl (C=O) groups is 1. The van der Waals surface area contributed by atoms with E-state index in [9.17, 15) is 13.2 Å². The van der Waals surface area contributed by atoms with Crippen molar-refractivity contribution >= 4 is 43.3 Å². The second-order valence-corrected chi connectivity index (χ2v) is 10.7. The maximum absolute atomic E-state index is 13.6. The van der Waals surface area contributed by atoms with Crippen molar-refractivity contribution in [1.82, 2.24) is 0 Å². The van der Waals surface area contributed by atoms with E-state index in [1.165, 1.54) is 12.1 Å². The van der Waals surface area contributed by atoms with E-state index in [4.69, 9.17) is 10.5 Å². The van der Waals surface area contributed by atoms with Gasteiger partial charge in [-0.25, -0.2) is 8.42 Å². The molecule has 6 nitrogen and oxygen atoms in total. The number of sulfone groups is 1. The Morgan fingerprint density at radius 3 is 2.38 bits per heavy atom. The van der Waals surface area contributed by atoms with Crippen molar-refractivity contribution in [3.63, 3.8) is 0 Å². The zero-order valence-electron chi connectivity index (χ0n) is 19.0. The van der Waals surface area contributed by atoms with Gasteiger partial charge >= 0.3 is 0 Å². The van der Waals surface area contributed by atoms with Gasteiger partial charge < -0.3 is 15.8 Å². The van der Waals surface area contributed by atoms with Crippen molar-refractivity contribution in [1.29, 1.82) is 0 Å². The molecule has 0 aliphatic carbocycles. The molecule has 4 rings (SSSR count). The Morgan fingerprint density at radius 1 is 0.971 bits per heavy atom. The monoisotopic (exact) mass is 492 g/mol. The number of rotatable bonds is 7. The van der Waals surface area contributed by atoms with E-state index in [0.717, 1.165) is 22.5 Å². The maximum Gasteiger partial charge on any atom is 0.211 e. The molecule has 0 unspecified atom stereocenters. The van der Waals surface area contributed by atoms with E-state index in [1.807, 2.05) is 26.0 Å². The number of hydrogen-bond donors (Lipinski definition) is 2. The Kier molecular flexibility index (Phi) is 6.45. The summed E-state index contributed by atoms with van der Waals surface area (Å²) in [5, 5.41) is 3.41. The van der Waals surface area contributed by atoms with Gasteiger partial charge in [0.25, 0.3) is 0 Å². The van der Waals surface area contributed by atoms with Gasteiger partial charge in [0.1, 0.15) is 20.5 Å². The molecule has 0 radical (unpaired) electrons. The summed E-state index contributed by atoms with van der Waals surface area (Å²) in [6.45, 7) is 3.79. The number of ketones is 1. The predicted octanol–water partition coefficient (Wildman–Crippen LogP) is 5.76. The number of hydrogen-bond acceptors (Lipinski definition) is 7. The first-order chi connectivity index (χ1) is 16.2. The second kappa shape index (κ2) is 9.32. The Morgan fingerprint density at radius 2 is 1.71 bits per heavy atom. The van der Waals surface area contributed by atoms with Crippen LogP contribution in [0.4, 0.5) is 16.4 Å². The molecule has 3 aromatic carbocycles. The molecule has 0 saturated heterocycles. The van der Waals surface area contributed by atoms with E-state index < -0.39 is 9.84 Å². The third kappa shape index (κ3) is 4.42. The van der Waals surface area contributed by atoms with Crippen molar-refractivity contribution < 1.29 is 17.9 Å². The van der Waals surface area contributed by atoms with Crippen molar-refractivity contribution in [3.8, 4) is 5.75 Å². The Hall–Kier alpha value is -3.62. The van der Waals surface area contributed by atoms with Crippen molar-refractivity contribution in [2.75, 3.05) is 18.2 Å². The summed E-state index contributed by atoms with van der Waals surface area (Å²) in [5.74, 6) is 0.289. The minimum Gasteiger partial charge on any atom is -0.497 e. The number of nitrogen functional groups attached to an aromatic ring is 1. The lowest BCUT2D eigenvalue weighted by Crippen LogP contribution is -2.09. The Balaban J connectivity index is 1.89. The highest BCUT2D eigenvalue weighted by atomic mass is 32.2. The number of anilines is 3. The van der Waals surface area contributed by atoms with E-state index in [1.54, 1.807) is 55.6 Å². The smallest absolute Gasteiger partial charge is 0.211 e. The fourth-order valence-corrected chi connectivity index (χ4v) is 6.63. The van der Waals surface area contributed by atoms with Gasteiger partial charge in [-0.2, -0.15) is 0 Å². The fourth-order valence-electron chi connectivity index (χ4n) is 3.69. The summed E-state index contributed by atoms with van der Waals surface area (Å²) in [7, 11) is -2.46. The van der Waals surface area contributed by atoms with Crippen LogP contribution in [0.3, 0.4) is 0 Å². The number of methoxy groups -OCH3 is 1. The van der Waals surface area contributed by atoms with Gasteiger partial charge in [0.2, 0.25) is 15.6 Å². The minimum absolute atomic E-state index is 0.0655. The van der Waals surface area contributed by atoms with Crippen LogP contribution < -0.4 is 15.8 Å². The standard InChI is InChI=1S/C26H24N2O4S2/c1-16-12-13-21(17(2)14-16)23(29)24-22(27)25(34(30,31)20-10-5-4-6-11-20)26(33-24)28-18-8-7-9-19(15-18)32-3/h4-15,28H,27H2,1-3H3. The van der Waals surface area contributed by atoms with Crippen LogP contribution in [0.1, 0.15) is 26.4 Å². The number of carbonyl (C=O) groups excluding carboxylic acids is 1. The van der Waals surface area contributed by atoms with Crippen LogP contribution in [0.2, 0.25) is 0 Å². The average Bonchev–Trinajstić information content (AvgIpc) is 3.15. The summed E-state index contributed by atoms with van der Waals surface area (Å²) < 4.78 is 32.5. The molecule has 34 heavy (non-hydrogen) atoms. The highest BCUT2D eigenvalue weighted by molar-refractivity contribution is 7.92. The van der Waals surface area contributed by atoms with Gasteiger partial charge in [0.15, 0.2) is 0 Å². The molecule has 0 bridgehead atoms. The zero-order chi connectivity index (χ0) is 24.5. The van der Waals surface area contributed by atoms with Crippen LogP contribution in [-0.4, -0.2) is 21.3 Å². The van der Waals surface area contributed by atoms with Gasteiger partial charge in [0, 0.05) is 17.3 Å². The first-order valence-electron chi connectivity index (χ1n) is 10.5. The van der Waals surface area contributed by atoms with Gasteiger partial charge in [-0.3, -0.25) is 4.79 Å². The molecule has 4 aromatic rings. The van der Waals surface area contributed by atoms with E-state index in [0.29, 0.717) is 17.0 Å². The molecule has 174 valence electrons. The lowest BCUT2D eigenvalue weighted by atomic mass is 10.0. The Bertz CT molecular complexity index is 1480. The topological polar surface area (TPSA) is 98.5 Å². The lowest BCUT2D eigenvalue weighted by molar-refractivity contribution is 0.104. The molecule has 0 amide bonds. The molecule has 1 aromatic heterocycles. The number of nitrogens with two attached hydrogens (primary N) is 1. The first-order valence-corrected chi connectivity index (χ1v) is 12.8. The van der Waals surface area contributed by atoms with Crippen molar-refractivity contribution in [3.05, 3.63) is 94.4 Å². The average molecular weight is 493 g/mol. The van der Waals surface area contributed by atoms with Crippen molar-refractivity contribution in [2.24, 2.45) is 0 Å². The normalized spacial score (nSPS) is 11.3. The molecular formula is C26H24N2O4S2. The molecule has 8 heteroatoms. The number of thiophene rings is 1. The molecule has 0 saturated carbocycles. The fraction of sp³-hybridized carbons (Fsp3) is 0.115. The number of ether oxygens (including phenoxy) is 1. The van der Waals surface area contributed by atoms with Crippen LogP contribution in [0.5, 0.6) is 5.75 Å². The highest BCUT2D eigenvalue weighted by Crippen LogP contribution is 2.44. The predicted molar refractivity (Wildman–Crippen MR) is 136 cm³/mol. The highest BCUT2D eigenvalue weighted by Gasteiger charge is 2.32. The lowest BCUT2D eigenvalue weighted by Gasteiger charge is -2.10. The first kappa shape index (κ1) is 23.5. The molecule has 1 heterocycles. The maximum atomic E-state index is 13.6. The zero-order valence-corrected chi connectivity index (χ0v) is 20.6. The SMILES string of the molecule is COc1cccc(Nc2sc(C(=O)c3ccc(C)cc3C)c(N)c2S(=O)(=O)c2ccccc2)c1. The molecule has 0 fully saturated rings. The molecule has 0 spiro atoms. The number of nitrogens with one attached hydrogen (secondary N) is 1. The molecule has 3 N–H and O–H groups in total. The van der Waals surface area contributed by atoms with Crippen LogP contribution in [0.15, 0.2) is 82.6 Å². The quantitative estimate of drug-likeness (QED) is 0.318. The molecular weight excluding hydrogens is 468 g/mol. The number of aryl methyl sites for hydroxylation is 2. The van der Waals surface area contributed by atoms with Gasteiger partial charge in [-0.1, -0.05) is 48.0 Å². The Labute approximate surface area is 202 Å². The summed E-state index contributed by atoms with van der Waals surface area (Å²) in [6.07, 6.45) is 0. The minimum atomic E-state index is -4.01. The third-order valence-electron chi connectivity index (χ3n) is 5.38. The van der Waals surface area contributed by atoms with Crippen LogP contribution in [0.25, 0.3) is 0 Å². The van der Waals surface area contributed by atoms with Crippen LogP contribution in [0, 0.1) is 13.8 Å².